The molecule has 1 fully saturated rings. The Morgan fingerprint density at radius 3 is 2.71 bits per heavy atom. The lowest BCUT2D eigenvalue weighted by Gasteiger charge is -2.35. The molecule has 1 aromatic carbocycles. The molecule has 1 amide bonds. The summed E-state index contributed by atoms with van der Waals surface area (Å²) < 4.78 is 12.8. The summed E-state index contributed by atoms with van der Waals surface area (Å²) in [7, 11) is 0. The quantitative estimate of drug-likeness (QED) is 0.770. The fraction of sp³-hybridized carbons (Fsp3) is 0.500. The van der Waals surface area contributed by atoms with Crippen molar-refractivity contribution in [1.29, 1.82) is 0 Å². The van der Waals surface area contributed by atoms with Crippen LogP contribution in [-0.4, -0.2) is 23.4 Å². The van der Waals surface area contributed by atoms with E-state index < -0.39 is 0 Å². The number of rotatable bonds is 2. The predicted molar refractivity (Wildman–Crippen MR) is 65.4 cm³/mol. The summed E-state index contributed by atoms with van der Waals surface area (Å²) in [5.74, 6) is -0.260. The van der Waals surface area contributed by atoms with E-state index in [1.807, 2.05) is 4.90 Å². The normalized spacial score (nSPS) is 20.4. The molecule has 2 rings (SSSR count). The van der Waals surface area contributed by atoms with Gasteiger partial charge >= 0.3 is 0 Å². The lowest BCUT2D eigenvalue weighted by molar-refractivity contribution is 0.0608. The fourth-order valence-corrected chi connectivity index (χ4v) is 2.45. The summed E-state index contributed by atoms with van der Waals surface area (Å²) in [6.07, 6.45) is 4.35. The van der Waals surface area contributed by atoms with Crippen molar-refractivity contribution in [2.24, 2.45) is 0 Å². The number of halogens is 1. The SMILES string of the molecule is CC[C@@H]1CCCCN1C(=O)c1ccc(F)cc1. The molecule has 0 saturated carbocycles. The van der Waals surface area contributed by atoms with Gasteiger partial charge in [0.15, 0.2) is 0 Å². The Morgan fingerprint density at radius 2 is 2.06 bits per heavy atom. The Balaban J connectivity index is 2.15. The number of carbonyl (C=O) groups is 1. The molecule has 1 atom stereocenters. The standard InChI is InChI=1S/C14H18FNO/c1-2-13-5-3-4-10-16(13)14(17)11-6-8-12(15)9-7-11/h6-9,13H,2-5,10H2,1H3/t13-/m1/s1. The fourth-order valence-electron chi connectivity index (χ4n) is 2.45. The number of carbonyl (C=O) groups excluding carboxylic acids is 1. The van der Waals surface area contributed by atoms with Gasteiger partial charge in [-0.3, -0.25) is 4.79 Å². The highest BCUT2D eigenvalue weighted by Gasteiger charge is 2.25. The Labute approximate surface area is 101 Å². The zero-order valence-corrected chi connectivity index (χ0v) is 10.2. The summed E-state index contributed by atoms with van der Waals surface area (Å²) in [6, 6.07) is 6.18. The predicted octanol–water partition coefficient (Wildman–Crippen LogP) is 3.23. The smallest absolute Gasteiger partial charge is 0.254 e. The van der Waals surface area contributed by atoms with Crippen molar-refractivity contribution in [3.63, 3.8) is 0 Å². The number of amides is 1. The third kappa shape index (κ3) is 2.65. The molecule has 92 valence electrons. The van der Waals surface area contributed by atoms with Crippen LogP contribution in [-0.2, 0) is 0 Å². The van der Waals surface area contributed by atoms with Crippen LogP contribution in [0.4, 0.5) is 4.39 Å². The van der Waals surface area contributed by atoms with E-state index in [2.05, 4.69) is 6.92 Å². The summed E-state index contributed by atoms with van der Waals surface area (Å²) in [4.78, 5) is 14.2. The van der Waals surface area contributed by atoms with Crippen LogP contribution < -0.4 is 0 Å². The molecule has 0 spiro atoms. The Bertz CT molecular complexity index is 388. The molecule has 0 aliphatic carbocycles. The van der Waals surface area contributed by atoms with Crippen molar-refractivity contribution < 1.29 is 9.18 Å². The third-order valence-electron chi connectivity index (χ3n) is 3.45. The first-order valence-corrected chi connectivity index (χ1v) is 6.29. The van der Waals surface area contributed by atoms with Gasteiger partial charge in [-0.1, -0.05) is 6.92 Å². The van der Waals surface area contributed by atoms with Crippen LogP contribution in [0.5, 0.6) is 0 Å². The van der Waals surface area contributed by atoms with Crippen LogP contribution in [0, 0.1) is 5.82 Å². The van der Waals surface area contributed by atoms with Crippen LogP contribution in [0.3, 0.4) is 0 Å². The maximum absolute atomic E-state index is 12.8. The molecule has 1 heterocycles. The first-order valence-electron chi connectivity index (χ1n) is 6.29. The number of piperidine rings is 1. The van der Waals surface area contributed by atoms with Gasteiger partial charge in [-0.05, 0) is 49.9 Å². The molecular formula is C14H18FNO. The molecular weight excluding hydrogens is 217 g/mol. The van der Waals surface area contributed by atoms with Crippen molar-refractivity contribution >= 4 is 5.91 Å². The van der Waals surface area contributed by atoms with Crippen molar-refractivity contribution in [3.05, 3.63) is 35.6 Å². The van der Waals surface area contributed by atoms with Gasteiger partial charge < -0.3 is 4.90 Å². The van der Waals surface area contributed by atoms with Crippen LogP contribution in [0.2, 0.25) is 0 Å². The van der Waals surface area contributed by atoms with Crippen molar-refractivity contribution in [2.45, 2.75) is 38.6 Å². The highest BCUT2D eigenvalue weighted by atomic mass is 19.1. The zero-order valence-electron chi connectivity index (χ0n) is 10.2. The lowest BCUT2D eigenvalue weighted by atomic mass is 9.99. The maximum atomic E-state index is 12.8. The molecule has 1 aromatic rings. The average Bonchev–Trinajstić information content (AvgIpc) is 2.39. The maximum Gasteiger partial charge on any atom is 0.254 e. The third-order valence-corrected chi connectivity index (χ3v) is 3.45. The van der Waals surface area contributed by atoms with E-state index in [0.29, 0.717) is 11.6 Å². The van der Waals surface area contributed by atoms with Gasteiger partial charge in [0.1, 0.15) is 5.82 Å². The molecule has 0 N–H and O–H groups in total. The molecule has 3 heteroatoms. The largest absolute Gasteiger partial charge is 0.336 e. The number of hydrogen-bond acceptors (Lipinski definition) is 1. The van der Waals surface area contributed by atoms with Crippen LogP contribution >= 0.6 is 0 Å². The van der Waals surface area contributed by atoms with E-state index in [4.69, 9.17) is 0 Å². The number of benzene rings is 1. The van der Waals surface area contributed by atoms with Gasteiger partial charge in [0.2, 0.25) is 0 Å². The second kappa shape index (κ2) is 5.30. The monoisotopic (exact) mass is 235 g/mol. The second-order valence-corrected chi connectivity index (χ2v) is 4.56. The second-order valence-electron chi connectivity index (χ2n) is 4.56. The van der Waals surface area contributed by atoms with E-state index in [0.717, 1.165) is 25.8 Å². The Hall–Kier alpha value is -1.38. The summed E-state index contributed by atoms with van der Waals surface area (Å²) >= 11 is 0. The van der Waals surface area contributed by atoms with E-state index in [1.54, 1.807) is 12.1 Å². The molecule has 1 aliphatic rings. The van der Waals surface area contributed by atoms with Gasteiger partial charge in [0, 0.05) is 18.2 Å². The van der Waals surface area contributed by atoms with E-state index in [9.17, 15) is 9.18 Å². The lowest BCUT2D eigenvalue weighted by Crippen LogP contribution is -2.43. The van der Waals surface area contributed by atoms with Gasteiger partial charge in [-0.2, -0.15) is 0 Å². The van der Waals surface area contributed by atoms with Crippen LogP contribution in [0.15, 0.2) is 24.3 Å². The molecule has 0 bridgehead atoms. The van der Waals surface area contributed by atoms with Crippen LogP contribution in [0.1, 0.15) is 43.0 Å². The Kier molecular flexibility index (Phi) is 3.77. The van der Waals surface area contributed by atoms with Crippen molar-refractivity contribution in [1.82, 2.24) is 4.90 Å². The van der Waals surface area contributed by atoms with E-state index >= 15 is 0 Å². The molecule has 0 radical (unpaired) electrons. The highest BCUT2D eigenvalue weighted by molar-refractivity contribution is 5.94. The van der Waals surface area contributed by atoms with Crippen molar-refractivity contribution in [3.8, 4) is 0 Å². The number of likely N-dealkylation sites (tertiary alicyclic amines) is 1. The first-order chi connectivity index (χ1) is 8.22. The van der Waals surface area contributed by atoms with Gasteiger partial charge in [0.25, 0.3) is 5.91 Å². The van der Waals surface area contributed by atoms with E-state index in [1.165, 1.54) is 18.6 Å². The van der Waals surface area contributed by atoms with Crippen molar-refractivity contribution in [2.75, 3.05) is 6.54 Å². The zero-order chi connectivity index (χ0) is 12.3. The first kappa shape index (κ1) is 12.1. The minimum absolute atomic E-state index is 0.0385. The molecule has 17 heavy (non-hydrogen) atoms. The van der Waals surface area contributed by atoms with Gasteiger partial charge in [0.05, 0.1) is 0 Å². The average molecular weight is 235 g/mol. The van der Waals surface area contributed by atoms with Crippen LogP contribution in [0.25, 0.3) is 0 Å². The number of hydrogen-bond donors (Lipinski definition) is 0. The topological polar surface area (TPSA) is 20.3 Å². The summed E-state index contributed by atoms with van der Waals surface area (Å²) in [5, 5.41) is 0. The minimum atomic E-state index is -0.299. The molecule has 0 aromatic heterocycles. The van der Waals surface area contributed by atoms with E-state index in [-0.39, 0.29) is 11.7 Å². The molecule has 1 saturated heterocycles. The molecule has 1 aliphatic heterocycles. The Morgan fingerprint density at radius 1 is 1.35 bits per heavy atom. The highest BCUT2D eigenvalue weighted by Crippen LogP contribution is 2.21. The number of nitrogens with zero attached hydrogens (tertiary/aromatic N) is 1. The molecule has 2 nitrogen and oxygen atoms in total. The minimum Gasteiger partial charge on any atom is -0.336 e. The van der Waals surface area contributed by atoms with Gasteiger partial charge in [-0.25, -0.2) is 4.39 Å². The summed E-state index contributed by atoms with van der Waals surface area (Å²) in [5.41, 5.74) is 0.590. The molecule has 0 unspecified atom stereocenters. The summed E-state index contributed by atoms with van der Waals surface area (Å²) in [6.45, 7) is 2.94. The van der Waals surface area contributed by atoms with Gasteiger partial charge in [-0.15, -0.1) is 0 Å².